The summed E-state index contributed by atoms with van der Waals surface area (Å²) in [5.74, 6) is 4.03. The Balaban J connectivity index is 1.37. The fraction of sp³-hybridized carbons (Fsp3) is 0.579. The Bertz CT molecular complexity index is 746. The molecule has 138 valence electrons. The van der Waals surface area contributed by atoms with Gasteiger partial charge < -0.3 is 10.6 Å². The Labute approximate surface area is 154 Å². The lowest BCUT2D eigenvalue weighted by molar-refractivity contribution is 0.212. The van der Waals surface area contributed by atoms with E-state index in [-0.39, 0.29) is 0 Å². The van der Waals surface area contributed by atoms with Crippen LogP contribution in [0.1, 0.15) is 49.7 Å². The van der Waals surface area contributed by atoms with Crippen molar-refractivity contribution in [3.8, 4) is 0 Å². The minimum Gasteiger partial charge on any atom is -0.384 e. The smallest absolute Gasteiger partial charge is 0.144 e. The van der Waals surface area contributed by atoms with Gasteiger partial charge in [-0.3, -0.25) is 4.90 Å². The third-order valence-electron chi connectivity index (χ3n) is 5.36. The first-order valence-electron chi connectivity index (χ1n) is 9.54. The van der Waals surface area contributed by atoms with Crippen LogP contribution in [0.5, 0.6) is 0 Å². The second-order valence-electron chi connectivity index (χ2n) is 7.43. The van der Waals surface area contributed by atoms with E-state index in [1.54, 1.807) is 12.3 Å². The molecule has 1 aliphatic carbocycles. The van der Waals surface area contributed by atoms with Gasteiger partial charge >= 0.3 is 0 Å². The van der Waals surface area contributed by atoms with Crippen LogP contribution in [-0.2, 0) is 6.54 Å². The standard InChI is InChI=1S/C19H27N7/c1-25(13-17-21-9-6-16(20)23-17)15-3-2-11-26(12-8-15)18-7-10-22-19(24-18)14-4-5-14/h6-7,9-10,14-15H,2-5,8,11-13H2,1H3,(H2,20,21,23). The summed E-state index contributed by atoms with van der Waals surface area (Å²) in [6, 6.07) is 4.30. The molecule has 2 fully saturated rings. The molecule has 0 radical (unpaired) electrons. The zero-order chi connectivity index (χ0) is 17.9. The number of nitrogens with zero attached hydrogens (tertiary/aromatic N) is 6. The summed E-state index contributed by atoms with van der Waals surface area (Å²) >= 11 is 0. The summed E-state index contributed by atoms with van der Waals surface area (Å²) in [4.78, 5) is 22.7. The van der Waals surface area contributed by atoms with Gasteiger partial charge in [0.2, 0.25) is 0 Å². The van der Waals surface area contributed by atoms with Gasteiger partial charge in [-0.05, 0) is 51.3 Å². The van der Waals surface area contributed by atoms with E-state index in [9.17, 15) is 0 Å². The van der Waals surface area contributed by atoms with Crippen molar-refractivity contribution >= 4 is 11.6 Å². The molecule has 2 aromatic rings. The van der Waals surface area contributed by atoms with Crippen molar-refractivity contribution in [3.05, 3.63) is 36.2 Å². The lowest BCUT2D eigenvalue weighted by atomic mass is 10.1. The van der Waals surface area contributed by atoms with Crippen LogP contribution in [0.25, 0.3) is 0 Å². The van der Waals surface area contributed by atoms with Crippen molar-refractivity contribution in [3.63, 3.8) is 0 Å². The Morgan fingerprint density at radius 1 is 1.08 bits per heavy atom. The number of aromatic nitrogens is 4. The molecule has 0 spiro atoms. The molecule has 7 heteroatoms. The predicted molar refractivity (Wildman–Crippen MR) is 102 cm³/mol. The van der Waals surface area contributed by atoms with E-state index in [4.69, 9.17) is 10.7 Å². The van der Waals surface area contributed by atoms with Gasteiger partial charge in [0.15, 0.2) is 0 Å². The molecule has 2 aromatic heterocycles. The van der Waals surface area contributed by atoms with Gasteiger partial charge in [0.25, 0.3) is 0 Å². The summed E-state index contributed by atoms with van der Waals surface area (Å²) < 4.78 is 0. The molecule has 0 bridgehead atoms. The monoisotopic (exact) mass is 353 g/mol. The molecule has 0 amide bonds. The summed E-state index contributed by atoms with van der Waals surface area (Å²) in [5, 5.41) is 0. The highest BCUT2D eigenvalue weighted by molar-refractivity contribution is 5.38. The average molecular weight is 353 g/mol. The van der Waals surface area contributed by atoms with Crippen LogP contribution < -0.4 is 10.6 Å². The molecule has 7 nitrogen and oxygen atoms in total. The molecule has 26 heavy (non-hydrogen) atoms. The normalized spacial score (nSPS) is 21.0. The number of hydrogen-bond donors (Lipinski definition) is 1. The van der Waals surface area contributed by atoms with E-state index < -0.39 is 0 Å². The topological polar surface area (TPSA) is 84.1 Å². The lowest BCUT2D eigenvalue weighted by Gasteiger charge is -2.27. The molecular formula is C19H27N7. The molecule has 2 N–H and O–H groups in total. The number of anilines is 2. The lowest BCUT2D eigenvalue weighted by Crippen LogP contribution is -2.33. The van der Waals surface area contributed by atoms with E-state index in [1.165, 1.54) is 19.3 Å². The van der Waals surface area contributed by atoms with Gasteiger partial charge in [-0.25, -0.2) is 19.9 Å². The van der Waals surface area contributed by atoms with Gasteiger partial charge in [-0.15, -0.1) is 0 Å². The first kappa shape index (κ1) is 17.1. The van der Waals surface area contributed by atoms with Gasteiger partial charge in [-0.1, -0.05) is 0 Å². The molecule has 0 aromatic carbocycles. The highest BCUT2D eigenvalue weighted by atomic mass is 15.2. The molecule has 1 unspecified atom stereocenters. The zero-order valence-electron chi connectivity index (χ0n) is 15.4. The third-order valence-corrected chi connectivity index (χ3v) is 5.36. The molecule has 3 heterocycles. The van der Waals surface area contributed by atoms with Gasteiger partial charge in [0.1, 0.15) is 23.3 Å². The fourth-order valence-electron chi connectivity index (χ4n) is 3.67. The zero-order valence-corrected chi connectivity index (χ0v) is 15.4. The minimum atomic E-state index is 0.523. The van der Waals surface area contributed by atoms with Crippen LogP contribution in [0.3, 0.4) is 0 Å². The van der Waals surface area contributed by atoms with Gasteiger partial charge in [0, 0.05) is 37.4 Å². The van der Waals surface area contributed by atoms with Crippen molar-refractivity contribution in [1.82, 2.24) is 24.8 Å². The summed E-state index contributed by atoms with van der Waals surface area (Å²) in [5.41, 5.74) is 5.77. The van der Waals surface area contributed by atoms with Gasteiger partial charge in [-0.2, -0.15) is 0 Å². The predicted octanol–water partition coefficient (Wildman–Crippen LogP) is 2.22. The van der Waals surface area contributed by atoms with E-state index in [0.717, 1.165) is 49.9 Å². The molecule has 2 aliphatic rings. The number of nitrogens with two attached hydrogens (primary N) is 1. The average Bonchev–Trinajstić information content (AvgIpc) is 3.48. The Morgan fingerprint density at radius 2 is 1.92 bits per heavy atom. The van der Waals surface area contributed by atoms with E-state index in [2.05, 4.69) is 37.9 Å². The molecule has 1 saturated carbocycles. The summed E-state index contributed by atoms with van der Waals surface area (Å²) in [6.45, 7) is 2.81. The Kier molecular flexibility index (Phi) is 4.97. The highest BCUT2D eigenvalue weighted by Gasteiger charge is 2.27. The second kappa shape index (κ2) is 7.53. The van der Waals surface area contributed by atoms with Crippen LogP contribution >= 0.6 is 0 Å². The minimum absolute atomic E-state index is 0.523. The SMILES string of the molecule is CN(Cc1nccc(N)n1)C1CCCN(c2ccnc(C3CC3)n2)CC1. The summed E-state index contributed by atoms with van der Waals surface area (Å²) in [6.07, 6.45) is 9.58. The molecule has 1 aliphatic heterocycles. The van der Waals surface area contributed by atoms with E-state index in [1.807, 2.05) is 6.20 Å². The van der Waals surface area contributed by atoms with Crippen LogP contribution in [0.15, 0.2) is 24.5 Å². The molecule has 4 rings (SSSR count). The largest absolute Gasteiger partial charge is 0.384 e. The Hall–Kier alpha value is -2.28. The van der Waals surface area contributed by atoms with Crippen LogP contribution in [-0.4, -0.2) is 51.0 Å². The fourth-order valence-corrected chi connectivity index (χ4v) is 3.67. The van der Waals surface area contributed by atoms with Gasteiger partial charge in [0.05, 0.1) is 6.54 Å². The maximum absolute atomic E-state index is 5.77. The van der Waals surface area contributed by atoms with Crippen molar-refractivity contribution in [2.24, 2.45) is 0 Å². The molecular weight excluding hydrogens is 326 g/mol. The number of rotatable bonds is 5. The molecule has 1 atom stereocenters. The number of nitrogen functional groups attached to an aromatic ring is 1. The number of hydrogen-bond acceptors (Lipinski definition) is 7. The quantitative estimate of drug-likeness (QED) is 0.882. The van der Waals surface area contributed by atoms with Crippen LogP contribution in [0.4, 0.5) is 11.6 Å². The van der Waals surface area contributed by atoms with Crippen LogP contribution in [0.2, 0.25) is 0 Å². The third kappa shape index (κ3) is 4.09. The van der Waals surface area contributed by atoms with Crippen molar-refractivity contribution < 1.29 is 0 Å². The Morgan fingerprint density at radius 3 is 2.73 bits per heavy atom. The first-order valence-corrected chi connectivity index (χ1v) is 9.54. The van der Waals surface area contributed by atoms with E-state index >= 15 is 0 Å². The van der Waals surface area contributed by atoms with Crippen molar-refractivity contribution in [1.29, 1.82) is 0 Å². The van der Waals surface area contributed by atoms with Crippen molar-refractivity contribution in [2.45, 2.75) is 50.6 Å². The highest BCUT2D eigenvalue weighted by Crippen LogP contribution is 2.38. The molecule has 1 saturated heterocycles. The van der Waals surface area contributed by atoms with Crippen molar-refractivity contribution in [2.75, 3.05) is 30.8 Å². The van der Waals surface area contributed by atoms with Crippen LogP contribution in [0, 0.1) is 0 Å². The maximum Gasteiger partial charge on any atom is 0.144 e. The maximum atomic E-state index is 5.77. The first-order chi connectivity index (χ1) is 12.7. The summed E-state index contributed by atoms with van der Waals surface area (Å²) in [7, 11) is 2.16. The second-order valence-corrected chi connectivity index (χ2v) is 7.43. The van der Waals surface area contributed by atoms with E-state index in [0.29, 0.717) is 17.8 Å².